The van der Waals surface area contributed by atoms with Gasteiger partial charge in [-0.25, -0.2) is 4.98 Å². The Kier molecular flexibility index (Phi) is 6.37. The Morgan fingerprint density at radius 3 is 2.64 bits per heavy atom. The Morgan fingerprint density at radius 1 is 1.24 bits per heavy atom. The van der Waals surface area contributed by atoms with E-state index in [0.29, 0.717) is 23.0 Å². The third kappa shape index (κ3) is 4.96. The van der Waals surface area contributed by atoms with Gasteiger partial charge in [-0.3, -0.25) is 4.79 Å². The SMILES string of the molecule is COc1ccc(NC(=O)/C(C#N)=C\Nc2cc(Br)ccn2)cc1OC. The van der Waals surface area contributed by atoms with Crippen LogP contribution >= 0.6 is 15.9 Å². The molecule has 1 amide bonds. The molecule has 0 atom stereocenters. The lowest BCUT2D eigenvalue weighted by Crippen LogP contribution is -2.14. The maximum Gasteiger partial charge on any atom is 0.267 e. The smallest absolute Gasteiger partial charge is 0.267 e. The molecule has 2 aromatic rings. The van der Waals surface area contributed by atoms with Crippen LogP contribution in [0, 0.1) is 11.3 Å². The monoisotopic (exact) mass is 402 g/mol. The Labute approximate surface area is 153 Å². The van der Waals surface area contributed by atoms with Gasteiger partial charge in [0, 0.05) is 28.6 Å². The number of pyridine rings is 1. The van der Waals surface area contributed by atoms with Crippen LogP contribution in [0.3, 0.4) is 0 Å². The van der Waals surface area contributed by atoms with E-state index in [9.17, 15) is 10.1 Å². The second-order valence-corrected chi connectivity index (χ2v) is 5.61. The molecule has 2 N–H and O–H groups in total. The highest BCUT2D eigenvalue weighted by Gasteiger charge is 2.11. The molecule has 0 radical (unpaired) electrons. The highest BCUT2D eigenvalue weighted by Crippen LogP contribution is 2.29. The number of hydrogen-bond donors (Lipinski definition) is 2. The van der Waals surface area contributed by atoms with E-state index in [0.717, 1.165) is 4.47 Å². The second kappa shape index (κ2) is 8.70. The van der Waals surface area contributed by atoms with Crippen LogP contribution in [0.4, 0.5) is 11.5 Å². The van der Waals surface area contributed by atoms with Crippen molar-refractivity contribution in [3.63, 3.8) is 0 Å². The third-order valence-electron chi connectivity index (χ3n) is 3.09. The highest BCUT2D eigenvalue weighted by atomic mass is 79.9. The molecule has 0 saturated heterocycles. The van der Waals surface area contributed by atoms with Gasteiger partial charge in [0.2, 0.25) is 0 Å². The molecule has 1 aromatic heterocycles. The molecule has 0 bridgehead atoms. The number of nitrogens with zero attached hydrogens (tertiary/aromatic N) is 2. The number of carbonyl (C=O) groups is 1. The van der Waals surface area contributed by atoms with E-state index < -0.39 is 5.91 Å². The van der Waals surface area contributed by atoms with Gasteiger partial charge in [0.15, 0.2) is 11.5 Å². The fourth-order valence-corrected chi connectivity index (χ4v) is 2.23. The van der Waals surface area contributed by atoms with Crippen LogP contribution < -0.4 is 20.1 Å². The van der Waals surface area contributed by atoms with Gasteiger partial charge in [0.05, 0.1) is 14.2 Å². The van der Waals surface area contributed by atoms with Crippen LogP contribution in [0.15, 0.2) is 52.8 Å². The fourth-order valence-electron chi connectivity index (χ4n) is 1.89. The number of nitriles is 1. The van der Waals surface area contributed by atoms with Gasteiger partial charge in [-0.2, -0.15) is 5.26 Å². The summed E-state index contributed by atoms with van der Waals surface area (Å²) in [6.07, 6.45) is 2.89. The summed E-state index contributed by atoms with van der Waals surface area (Å²) in [6.45, 7) is 0. The zero-order chi connectivity index (χ0) is 18.2. The first-order chi connectivity index (χ1) is 12.1. The van der Waals surface area contributed by atoms with Crippen LogP contribution in [0.2, 0.25) is 0 Å². The Hall–Kier alpha value is -3.05. The van der Waals surface area contributed by atoms with Crippen molar-refractivity contribution in [1.82, 2.24) is 4.98 Å². The van der Waals surface area contributed by atoms with Crippen LogP contribution in [-0.2, 0) is 4.79 Å². The van der Waals surface area contributed by atoms with E-state index >= 15 is 0 Å². The van der Waals surface area contributed by atoms with Crippen molar-refractivity contribution >= 4 is 33.3 Å². The lowest BCUT2D eigenvalue weighted by molar-refractivity contribution is -0.112. The average molecular weight is 403 g/mol. The molecule has 128 valence electrons. The number of carbonyl (C=O) groups excluding carboxylic acids is 1. The summed E-state index contributed by atoms with van der Waals surface area (Å²) in [5.41, 5.74) is 0.376. The van der Waals surface area contributed by atoms with E-state index in [2.05, 4.69) is 31.5 Å². The number of nitrogens with one attached hydrogen (secondary N) is 2. The van der Waals surface area contributed by atoms with Crippen molar-refractivity contribution in [1.29, 1.82) is 5.26 Å². The molecule has 0 aliphatic rings. The van der Waals surface area contributed by atoms with E-state index in [1.807, 2.05) is 6.07 Å². The van der Waals surface area contributed by atoms with Crippen molar-refractivity contribution in [2.24, 2.45) is 0 Å². The molecule has 25 heavy (non-hydrogen) atoms. The standard InChI is InChI=1S/C17H15BrN4O3/c1-24-14-4-3-13(8-15(14)25-2)22-17(23)11(9-19)10-21-16-7-12(18)5-6-20-16/h3-8,10H,1-2H3,(H,20,21)(H,22,23)/b11-10-. The molecule has 0 saturated carbocycles. The molecule has 8 heteroatoms. The van der Waals surface area contributed by atoms with Gasteiger partial charge in [-0.1, -0.05) is 15.9 Å². The second-order valence-electron chi connectivity index (χ2n) is 4.70. The average Bonchev–Trinajstić information content (AvgIpc) is 2.62. The first-order valence-electron chi connectivity index (χ1n) is 7.09. The number of hydrogen-bond acceptors (Lipinski definition) is 6. The van der Waals surface area contributed by atoms with E-state index in [1.165, 1.54) is 20.4 Å². The summed E-state index contributed by atoms with van der Waals surface area (Å²) in [6, 6.07) is 10.3. The van der Waals surface area contributed by atoms with Crippen LogP contribution in [0.25, 0.3) is 0 Å². The van der Waals surface area contributed by atoms with Gasteiger partial charge in [0.25, 0.3) is 5.91 Å². The summed E-state index contributed by atoms with van der Waals surface area (Å²) in [7, 11) is 3.02. The minimum absolute atomic E-state index is 0.100. The van der Waals surface area contributed by atoms with Crippen LogP contribution in [0.5, 0.6) is 11.5 Å². The topological polar surface area (TPSA) is 96.3 Å². The fraction of sp³-hybridized carbons (Fsp3) is 0.118. The van der Waals surface area contributed by atoms with Crippen LogP contribution in [0.1, 0.15) is 0 Å². The largest absolute Gasteiger partial charge is 0.493 e. The number of rotatable bonds is 6. The number of methoxy groups -OCH3 is 2. The van der Waals surface area contributed by atoms with Crippen molar-refractivity contribution in [3.05, 3.63) is 52.8 Å². The predicted molar refractivity (Wildman–Crippen MR) is 97.4 cm³/mol. The Morgan fingerprint density at radius 2 is 2.00 bits per heavy atom. The number of halogens is 1. The number of aromatic nitrogens is 1. The van der Waals surface area contributed by atoms with Crippen molar-refractivity contribution < 1.29 is 14.3 Å². The molecule has 0 spiro atoms. The molecule has 1 aromatic carbocycles. The summed E-state index contributed by atoms with van der Waals surface area (Å²) in [5, 5.41) is 14.6. The number of anilines is 2. The normalized spacial score (nSPS) is 10.6. The molecular formula is C17H15BrN4O3. The van der Waals surface area contributed by atoms with Gasteiger partial charge in [-0.05, 0) is 24.3 Å². The third-order valence-corrected chi connectivity index (χ3v) is 3.59. The summed E-state index contributed by atoms with van der Waals surface area (Å²) >= 11 is 3.32. The zero-order valence-electron chi connectivity index (χ0n) is 13.5. The summed E-state index contributed by atoms with van der Waals surface area (Å²) in [4.78, 5) is 16.3. The van der Waals surface area contributed by atoms with Crippen LogP contribution in [-0.4, -0.2) is 25.1 Å². The molecule has 1 heterocycles. The lowest BCUT2D eigenvalue weighted by atomic mass is 10.2. The Balaban J connectivity index is 2.12. The number of ether oxygens (including phenoxy) is 2. The van der Waals surface area contributed by atoms with E-state index in [4.69, 9.17) is 9.47 Å². The Bertz CT molecular complexity index is 846. The molecular weight excluding hydrogens is 388 g/mol. The van der Waals surface area contributed by atoms with Crippen molar-refractivity contribution in [2.75, 3.05) is 24.9 Å². The quantitative estimate of drug-likeness (QED) is 0.568. The van der Waals surface area contributed by atoms with E-state index in [1.54, 1.807) is 36.5 Å². The number of benzene rings is 1. The minimum atomic E-state index is -0.558. The highest BCUT2D eigenvalue weighted by molar-refractivity contribution is 9.10. The lowest BCUT2D eigenvalue weighted by Gasteiger charge is -2.10. The number of amides is 1. The maximum atomic E-state index is 12.2. The van der Waals surface area contributed by atoms with Gasteiger partial charge < -0.3 is 20.1 Å². The molecule has 7 nitrogen and oxygen atoms in total. The van der Waals surface area contributed by atoms with Crippen molar-refractivity contribution in [2.45, 2.75) is 0 Å². The molecule has 0 fully saturated rings. The first kappa shape index (κ1) is 18.3. The molecule has 0 aliphatic carbocycles. The maximum absolute atomic E-state index is 12.2. The van der Waals surface area contributed by atoms with Gasteiger partial charge >= 0.3 is 0 Å². The summed E-state index contributed by atoms with van der Waals surface area (Å²) in [5.74, 6) is 0.955. The molecule has 0 unspecified atom stereocenters. The first-order valence-corrected chi connectivity index (χ1v) is 7.88. The van der Waals surface area contributed by atoms with Gasteiger partial charge in [-0.15, -0.1) is 0 Å². The minimum Gasteiger partial charge on any atom is -0.493 e. The van der Waals surface area contributed by atoms with E-state index in [-0.39, 0.29) is 5.57 Å². The molecule has 0 aliphatic heterocycles. The molecule has 2 rings (SSSR count). The zero-order valence-corrected chi connectivity index (χ0v) is 15.1. The summed E-state index contributed by atoms with van der Waals surface area (Å²) < 4.78 is 11.1. The van der Waals surface area contributed by atoms with Crippen molar-refractivity contribution in [3.8, 4) is 17.6 Å². The van der Waals surface area contributed by atoms with Gasteiger partial charge in [0.1, 0.15) is 17.5 Å². The predicted octanol–water partition coefficient (Wildman–Crippen LogP) is 3.32.